The monoisotopic (exact) mass is 312 g/mol. The van der Waals surface area contributed by atoms with Crippen LogP contribution < -0.4 is 10.5 Å². The van der Waals surface area contributed by atoms with Crippen LogP contribution in [0.25, 0.3) is 0 Å². The summed E-state index contributed by atoms with van der Waals surface area (Å²) in [5, 5.41) is 0. The molecule has 2 aromatic rings. The van der Waals surface area contributed by atoms with Crippen molar-refractivity contribution in [2.45, 2.75) is 19.2 Å². The van der Waals surface area contributed by atoms with Gasteiger partial charge in [-0.3, -0.25) is 4.90 Å². The van der Waals surface area contributed by atoms with Crippen molar-refractivity contribution in [3.05, 3.63) is 65.2 Å². The zero-order valence-corrected chi connectivity index (χ0v) is 13.6. The molecule has 1 heterocycles. The zero-order valence-electron chi connectivity index (χ0n) is 13.6. The Kier molecular flexibility index (Phi) is 5.28. The number of hydrogen-bond acceptors (Lipinski definition) is 4. The smallest absolute Gasteiger partial charge is 0.124 e. The highest BCUT2D eigenvalue weighted by atomic mass is 16.5. The number of hydrogen-bond donors (Lipinski definition) is 1. The normalized spacial score (nSPS) is 17.2. The van der Waals surface area contributed by atoms with Gasteiger partial charge in [-0.05, 0) is 17.2 Å². The molecular formula is C19H24N2O2. The van der Waals surface area contributed by atoms with E-state index >= 15 is 0 Å². The third-order valence-corrected chi connectivity index (χ3v) is 4.37. The van der Waals surface area contributed by atoms with Crippen molar-refractivity contribution in [3.63, 3.8) is 0 Å². The first-order valence-electron chi connectivity index (χ1n) is 8.05. The van der Waals surface area contributed by atoms with E-state index in [0.717, 1.165) is 18.8 Å². The number of benzene rings is 2. The Morgan fingerprint density at radius 1 is 1.13 bits per heavy atom. The number of methoxy groups -OCH3 is 1. The molecule has 4 heteroatoms. The van der Waals surface area contributed by atoms with E-state index in [2.05, 4.69) is 35.2 Å². The third kappa shape index (κ3) is 3.55. The quantitative estimate of drug-likeness (QED) is 0.854. The van der Waals surface area contributed by atoms with E-state index in [1.54, 1.807) is 7.11 Å². The van der Waals surface area contributed by atoms with Gasteiger partial charge in [0.25, 0.3) is 0 Å². The van der Waals surface area contributed by atoms with Crippen LogP contribution in [0.15, 0.2) is 48.5 Å². The highest BCUT2D eigenvalue weighted by molar-refractivity contribution is 5.45. The Balaban J connectivity index is 1.76. The van der Waals surface area contributed by atoms with Crippen molar-refractivity contribution < 1.29 is 9.47 Å². The maximum atomic E-state index is 6.08. The molecule has 2 aromatic carbocycles. The standard InChI is InChI=1S/C19H24N2O2/c1-22-11-10-21-13-17-16(18(21)12-20)8-5-9-19(17)23-14-15-6-3-2-4-7-15/h2-9,18H,10-14,20H2,1H3. The number of ether oxygens (including phenoxy) is 2. The number of nitrogens with zero attached hydrogens (tertiary/aromatic N) is 1. The number of rotatable bonds is 7. The second-order valence-electron chi connectivity index (χ2n) is 5.81. The van der Waals surface area contributed by atoms with Gasteiger partial charge in [0.15, 0.2) is 0 Å². The van der Waals surface area contributed by atoms with Crippen molar-refractivity contribution in [2.24, 2.45) is 5.73 Å². The second-order valence-corrected chi connectivity index (χ2v) is 5.81. The van der Waals surface area contributed by atoms with Crippen LogP contribution in [0.4, 0.5) is 0 Å². The van der Waals surface area contributed by atoms with E-state index in [4.69, 9.17) is 15.2 Å². The highest BCUT2D eigenvalue weighted by Crippen LogP contribution is 2.38. The minimum Gasteiger partial charge on any atom is -0.489 e. The van der Waals surface area contributed by atoms with E-state index in [1.807, 2.05) is 18.2 Å². The molecule has 1 aliphatic heterocycles. The summed E-state index contributed by atoms with van der Waals surface area (Å²) in [6.07, 6.45) is 0. The van der Waals surface area contributed by atoms with Crippen LogP contribution in [0.1, 0.15) is 22.7 Å². The predicted octanol–water partition coefficient (Wildman–Crippen LogP) is 2.73. The van der Waals surface area contributed by atoms with Crippen LogP contribution in [0.3, 0.4) is 0 Å². The lowest BCUT2D eigenvalue weighted by Gasteiger charge is -2.23. The molecule has 0 fully saturated rings. The van der Waals surface area contributed by atoms with E-state index in [1.165, 1.54) is 16.7 Å². The molecule has 4 nitrogen and oxygen atoms in total. The van der Waals surface area contributed by atoms with Gasteiger partial charge in [-0.25, -0.2) is 0 Å². The summed E-state index contributed by atoms with van der Waals surface area (Å²) in [6.45, 7) is 3.66. The minimum absolute atomic E-state index is 0.250. The van der Waals surface area contributed by atoms with E-state index in [0.29, 0.717) is 19.8 Å². The molecule has 0 saturated heterocycles. The van der Waals surface area contributed by atoms with Gasteiger partial charge < -0.3 is 15.2 Å². The van der Waals surface area contributed by atoms with Crippen molar-refractivity contribution in [2.75, 3.05) is 26.8 Å². The van der Waals surface area contributed by atoms with Crippen molar-refractivity contribution in [1.29, 1.82) is 0 Å². The molecule has 0 bridgehead atoms. The molecule has 1 atom stereocenters. The number of fused-ring (bicyclic) bond motifs is 1. The Labute approximate surface area is 137 Å². The van der Waals surface area contributed by atoms with Gasteiger partial charge in [0, 0.05) is 38.3 Å². The molecule has 23 heavy (non-hydrogen) atoms. The predicted molar refractivity (Wildman–Crippen MR) is 91.3 cm³/mol. The number of nitrogens with two attached hydrogens (primary N) is 1. The molecule has 2 N–H and O–H groups in total. The topological polar surface area (TPSA) is 47.7 Å². The summed E-state index contributed by atoms with van der Waals surface area (Å²) in [5.74, 6) is 0.963. The first kappa shape index (κ1) is 16.0. The molecular weight excluding hydrogens is 288 g/mol. The van der Waals surface area contributed by atoms with Crippen LogP contribution in [0.5, 0.6) is 5.75 Å². The summed E-state index contributed by atoms with van der Waals surface area (Å²) >= 11 is 0. The van der Waals surface area contributed by atoms with Crippen LogP contribution >= 0.6 is 0 Å². The van der Waals surface area contributed by atoms with Gasteiger partial charge in [0.2, 0.25) is 0 Å². The fraction of sp³-hybridized carbons (Fsp3) is 0.368. The molecule has 1 unspecified atom stereocenters. The van der Waals surface area contributed by atoms with Gasteiger partial charge >= 0.3 is 0 Å². The SMILES string of the molecule is COCCN1Cc2c(OCc3ccccc3)cccc2C1CN. The van der Waals surface area contributed by atoms with Gasteiger partial charge in [0.1, 0.15) is 12.4 Å². The summed E-state index contributed by atoms with van der Waals surface area (Å²) in [4.78, 5) is 2.36. The molecule has 122 valence electrons. The van der Waals surface area contributed by atoms with Crippen LogP contribution in [-0.4, -0.2) is 31.7 Å². The largest absolute Gasteiger partial charge is 0.489 e. The van der Waals surface area contributed by atoms with Gasteiger partial charge in [-0.2, -0.15) is 0 Å². The summed E-state index contributed by atoms with van der Waals surface area (Å²) < 4.78 is 11.3. The summed E-state index contributed by atoms with van der Waals surface area (Å²) in [5.41, 5.74) is 9.72. The molecule has 0 saturated carbocycles. The summed E-state index contributed by atoms with van der Waals surface area (Å²) in [6, 6.07) is 16.8. The minimum atomic E-state index is 0.250. The summed E-state index contributed by atoms with van der Waals surface area (Å²) in [7, 11) is 1.73. The molecule has 0 aromatic heterocycles. The maximum absolute atomic E-state index is 6.08. The zero-order chi connectivity index (χ0) is 16.1. The molecule has 0 spiro atoms. The Morgan fingerprint density at radius 3 is 2.70 bits per heavy atom. The molecule has 3 rings (SSSR count). The van der Waals surface area contributed by atoms with E-state index in [9.17, 15) is 0 Å². The average Bonchev–Trinajstić information content (AvgIpc) is 2.97. The molecule has 0 radical (unpaired) electrons. The van der Waals surface area contributed by atoms with Crippen LogP contribution in [-0.2, 0) is 17.9 Å². The van der Waals surface area contributed by atoms with E-state index in [-0.39, 0.29) is 6.04 Å². The van der Waals surface area contributed by atoms with Crippen LogP contribution in [0.2, 0.25) is 0 Å². The highest BCUT2D eigenvalue weighted by Gasteiger charge is 2.30. The van der Waals surface area contributed by atoms with Crippen molar-refractivity contribution in [1.82, 2.24) is 4.90 Å². The second kappa shape index (κ2) is 7.59. The van der Waals surface area contributed by atoms with Gasteiger partial charge in [-0.15, -0.1) is 0 Å². The first-order valence-corrected chi connectivity index (χ1v) is 8.05. The maximum Gasteiger partial charge on any atom is 0.124 e. The van der Waals surface area contributed by atoms with Crippen molar-refractivity contribution in [3.8, 4) is 5.75 Å². The Hall–Kier alpha value is -1.88. The van der Waals surface area contributed by atoms with Gasteiger partial charge in [-0.1, -0.05) is 42.5 Å². The Bertz CT molecular complexity index is 631. The molecule has 0 aliphatic carbocycles. The lowest BCUT2D eigenvalue weighted by Crippen LogP contribution is -2.30. The third-order valence-electron chi connectivity index (χ3n) is 4.37. The average molecular weight is 312 g/mol. The lowest BCUT2D eigenvalue weighted by molar-refractivity contribution is 0.127. The first-order chi connectivity index (χ1) is 11.3. The molecule has 0 amide bonds. The molecule has 1 aliphatic rings. The van der Waals surface area contributed by atoms with Crippen molar-refractivity contribution >= 4 is 0 Å². The Morgan fingerprint density at radius 2 is 1.96 bits per heavy atom. The van der Waals surface area contributed by atoms with Crippen LogP contribution in [0, 0.1) is 0 Å². The van der Waals surface area contributed by atoms with E-state index < -0.39 is 0 Å². The lowest BCUT2D eigenvalue weighted by atomic mass is 10.0. The fourth-order valence-electron chi connectivity index (χ4n) is 3.16. The fourth-order valence-corrected chi connectivity index (χ4v) is 3.16. The van der Waals surface area contributed by atoms with Gasteiger partial charge in [0.05, 0.1) is 6.61 Å².